The molecule has 0 saturated heterocycles. The molecule has 2 aromatic rings. The van der Waals surface area contributed by atoms with Crippen molar-refractivity contribution in [2.75, 3.05) is 11.9 Å². The Morgan fingerprint density at radius 3 is 2.38 bits per heavy atom. The molecule has 2 rings (SSSR count). The molecule has 0 fully saturated rings. The second-order valence-corrected chi connectivity index (χ2v) is 5.79. The Morgan fingerprint density at radius 2 is 1.83 bits per heavy atom. The van der Waals surface area contributed by atoms with Gasteiger partial charge in [0.05, 0.1) is 6.61 Å². The maximum absolute atomic E-state index is 13.0. The van der Waals surface area contributed by atoms with Gasteiger partial charge in [0.25, 0.3) is 0 Å². The molecule has 7 heteroatoms. The summed E-state index contributed by atoms with van der Waals surface area (Å²) in [5.74, 6) is -0.316. The summed E-state index contributed by atoms with van der Waals surface area (Å²) in [5, 5.41) is 2.89. The van der Waals surface area contributed by atoms with Crippen molar-refractivity contribution in [1.29, 1.82) is 0 Å². The zero-order valence-electron chi connectivity index (χ0n) is 13.8. The van der Waals surface area contributed by atoms with Crippen LogP contribution in [0.5, 0.6) is 5.88 Å². The number of anilines is 2. The standard InChI is InChI=1S/C17H20F3N3O/c1-4-12-5-7-13(8-6-12)22-16-21-9-14(17(18,19)20)15(23-16)24-10-11(2)3/h5-9,11H,4,10H2,1-3H3,(H,21,22,23). The van der Waals surface area contributed by atoms with Crippen molar-refractivity contribution >= 4 is 11.6 Å². The summed E-state index contributed by atoms with van der Waals surface area (Å²) in [5.41, 5.74) is 0.881. The highest BCUT2D eigenvalue weighted by molar-refractivity contribution is 5.54. The minimum absolute atomic E-state index is 0.0611. The van der Waals surface area contributed by atoms with Crippen LogP contribution in [0.25, 0.3) is 0 Å². The molecule has 24 heavy (non-hydrogen) atoms. The molecule has 1 aromatic carbocycles. The van der Waals surface area contributed by atoms with Gasteiger partial charge in [-0.2, -0.15) is 18.2 Å². The molecule has 1 aromatic heterocycles. The van der Waals surface area contributed by atoms with Crippen molar-refractivity contribution in [1.82, 2.24) is 9.97 Å². The van der Waals surface area contributed by atoms with E-state index in [0.29, 0.717) is 5.69 Å². The molecular weight excluding hydrogens is 319 g/mol. The Hall–Kier alpha value is -2.31. The van der Waals surface area contributed by atoms with Crippen molar-refractivity contribution in [3.05, 3.63) is 41.6 Å². The van der Waals surface area contributed by atoms with Gasteiger partial charge in [-0.25, -0.2) is 4.98 Å². The monoisotopic (exact) mass is 339 g/mol. The second-order valence-electron chi connectivity index (χ2n) is 5.79. The molecule has 0 unspecified atom stereocenters. The number of halogens is 3. The molecule has 4 nitrogen and oxygen atoms in total. The van der Waals surface area contributed by atoms with Crippen molar-refractivity contribution < 1.29 is 17.9 Å². The summed E-state index contributed by atoms with van der Waals surface area (Å²) >= 11 is 0. The highest BCUT2D eigenvalue weighted by Crippen LogP contribution is 2.35. The number of aromatic nitrogens is 2. The molecule has 1 heterocycles. The number of alkyl halides is 3. The van der Waals surface area contributed by atoms with Crippen LogP contribution < -0.4 is 10.1 Å². The number of ether oxygens (including phenoxy) is 1. The lowest BCUT2D eigenvalue weighted by Crippen LogP contribution is -2.14. The lowest BCUT2D eigenvalue weighted by Gasteiger charge is -2.15. The number of nitrogens with zero attached hydrogens (tertiary/aromatic N) is 2. The Labute approximate surface area is 139 Å². The van der Waals surface area contributed by atoms with Gasteiger partial charge < -0.3 is 10.1 Å². The summed E-state index contributed by atoms with van der Waals surface area (Å²) in [4.78, 5) is 7.63. The molecule has 0 aliphatic rings. The van der Waals surface area contributed by atoms with Gasteiger partial charge in [0.2, 0.25) is 11.8 Å². The van der Waals surface area contributed by atoms with Crippen LogP contribution in [-0.4, -0.2) is 16.6 Å². The molecular formula is C17H20F3N3O. The number of nitrogens with one attached hydrogen (secondary N) is 1. The van der Waals surface area contributed by atoms with Crippen molar-refractivity contribution in [2.24, 2.45) is 5.92 Å². The first-order chi connectivity index (χ1) is 11.3. The summed E-state index contributed by atoms with van der Waals surface area (Å²) in [6, 6.07) is 7.52. The highest BCUT2D eigenvalue weighted by Gasteiger charge is 2.36. The zero-order valence-corrected chi connectivity index (χ0v) is 13.8. The number of hydrogen-bond acceptors (Lipinski definition) is 4. The molecule has 130 valence electrons. The maximum Gasteiger partial charge on any atom is 0.423 e. The quantitative estimate of drug-likeness (QED) is 0.818. The number of aryl methyl sites for hydroxylation is 1. The molecule has 0 amide bonds. The van der Waals surface area contributed by atoms with E-state index in [-0.39, 0.29) is 18.5 Å². The van der Waals surface area contributed by atoms with E-state index < -0.39 is 17.6 Å². The van der Waals surface area contributed by atoms with E-state index in [9.17, 15) is 13.2 Å². The van der Waals surface area contributed by atoms with Gasteiger partial charge in [-0.05, 0) is 30.0 Å². The van der Waals surface area contributed by atoms with Crippen LogP contribution >= 0.6 is 0 Å². The molecule has 1 N–H and O–H groups in total. The van der Waals surface area contributed by atoms with Gasteiger partial charge in [0.1, 0.15) is 5.56 Å². The molecule has 0 aliphatic heterocycles. The number of rotatable bonds is 6. The third-order valence-electron chi connectivity index (χ3n) is 3.23. The van der Waals surface area contributed by atoms with Crippen LogP contribution in [0.15, 0.2) is 30.5 Å². The van der Waals surface area contributed by atoms with Crippen LogP contribution in [0.4, 0.5) is 24.8 Å². The summed E-state index contributed by atoms with van der Waals surface area (Å²) in [6.07, 6.45) is -2.91. The lowest BCUT2D eigenvalue weighted by atomic mass is 10.1. The van der Waals surface area contributed by atoms with E-state index in [4.69, 9.17) is 4.74 Å². The number of benzene rings is 1. The first-order valence-electron chi connectivity index (χ1n) is 7.72. The SMILES string of the molecule is CCc1ccc(Nc2ncc(C(F)(F)F)c(OCC(C)C)n2)cc1. The smallest absolute Gasteiger partial charge is 0.423 e. The Bertz CT molecular complexity index is 670. The predicted octanol–water partition coefficient (Wildman–Crippen LogP) is 4.84. The second kappa shape index (κ2) is 7.51. The van der Waals surface area contributed by atoms with Gasteiger partial charge in [0, 0.05) is 11.9 Å². The van der Waals surface area contributed by atoms with E-state index in [2.05, 4.69) is 15.3 Å². The molecule has 0 saturated carbocycles. The minimum atomic E-state index is -4.56. The molecule has 0 atom stereocenters. The Balaban J connectivity index is 2.25. The average molecular weight is 339 g/mol. The first-order valence-corrected chi connectivity index (χ1v) is 7.72. The van der Waals surface area contributed by atoms with Crippen LogP contribution in [0.3, 0.4) is 0 Å². The molecule has 0 radical (unpaired) electrons. The lowest BCUT2D eigenvalue weighted by molar-refractivity contribution is -0.139. The first kappa shape index (κ1) is 18.0. The maximum atomic E-state index is 13.0. The topological polar surface area (TPSA) is 47.0 Å². The van der Waals surface area contributed by atoms with Crippen LogP contribution in [0.2, 0.25) is 0 Å². The van der Waals surface area contributed by atoms with Crippen LogP contribution in [0, 0.1) is 5.92 Å². The van der Waals surface area contributed by atoms with Crippen molar-refractivity contribution in [2.45, 2.75) is 33.4 Å². The van der Waals surface area contributed by atoms with Gasteiger partial charge in [0.15, 0.2) is 0 Å². The normalized spacial score (nSPS) is 11.6. The van der Waals surface area contributed by atoms with Gasteiger partial charge >= 0.3 is 6.18 Å². The fourth-order valence-corrected chi connectivity index (χ4v) is 1.93. The fourth-order valence-electron chi connectivity index (χ4n) is 1.93. The summed E-state index contributed by atoms with van der Waals surface area (Å²) in [6.45, 7) is 5.89. The third-order valence-corrected chi connectivity index (χ3v) is 3.23. The number of hydrogen-bond donors (Lipinski definition) is 1. The van der Waals surface area contributed by atoms with Crippen LogP contribution in [0.1, 0.15) is 31.9 Å². The summed E-state index contributed by atoms with van der Waals surface area (Å²) < 4.78 is 44.3. The van der Waals surface area contributed by atoms with Crippen molar-refractivity contribution in [3.8, 4) is 5.88 Å². The summed E-state index contributed by atoms with van der Waals surface area (Å²) in [7, 11) is 0. The van der Waals surface area contributed by atoms with E-state index in [1.165, 1.54) is 0 Å². The third kappa shape index (κ3) is 4.84. The van der Waals surface area contributed by atoms with E-state index in [0.717, 1.165) is 18.2 Å². The minimum Gasteiger partial charge on any atom is -0.477 e. The zero-order chi connectivity index (χ0) is 17.7. The molecule has 0 bridgehead atoms. The average Bonchev–Trinajstić information content (AvgIpc) is 2.52. The molecule has 0 aliphatic carbocycles. The van der Waals surface area contributed by atoms with Gasteiger partial charge in [-0.15, -0.1) is 0 Å². The Kier molecular flexibility index (Phi) is 5.64. The van der Waals surface area contributed by atoms with Crippen LogP contribution in [-0.2, 0) is 12.6 Å². The van der Waals surface area contributed by atoms with E-state index >= 15 is 0 Å². The molecule has 0 spiro atoms. The van der Waals surface area contributed by atoms with Gasteiger partial charge in [-0.3, -0.25) is 0 Å². The van der Waals surface area contributed by atoms with E-state index in [1.54, 1.807) is 0 Å². The predicted molar refractivity (Wildman–Crippen MR) is 86.5 cm³/mol. The Morgan fingerprint density at radius 1 is 1.17 bits per heavy atom. The largest absolute Gasteiger partial charge is 0.477 e. The van der Waals surface area contributed by atoms with E-state index in [1.807, 2.05) is 45.0 Å². The van der Waals surface area contributed by atoms with Gasteiger partial charge in [-0.1, -0.05) is 32.9 Å². The highest BCUT2D eigenvalue weighted by atomic mass is 19.4. The van der Waals surface area contributed by atoms with Crippen molar-refractivity contribution in [3.63, 3.8) is 0 Å². The fraction of sp³-hybridized carbons (Fsp3) is 0.412.